The average Bonchev–Trinajstić information content (AvgIpc) is 3.01. The maximum atomic E-state index is 9.27. The van der Waals surface area contributed by atoms with Crippen molar-refractivity contribution >= 4 is 40.0 Å². The molecule has 1 aromatic heterocycles. The number of halogens is 1. The van der Waals surface area contributed by atoms with E-state index in [9.17, 15) is 5.26 Å². The van der Waals surface area contributed by atoms with Crippen molar-refractivity contribution in [3.63, 3.8) is 0 Å². The van der Waals surface area contributed by atoms with Crippen LogP contribution in [0.25, 0.3) is 0 Å². The van der Waals surface area contributed by atoms with Crippen LogP contribution in [0.2, 0.25) is 5.02 Å². The molecule has 3 nitrogen and oxygen atoms in total. The number of thiophene rings is 1. The molecule has 1 aliphatic rings. The van der Waals surface area contributed by atoms with Crippen LogP contribution >= 0.6 is 22.9 Å². The Morgan fingerprint density at radius 1 is 1.30 bits per heavy atom. The summed E-state index contributed by atoms with van der Waals surface area (Å²) in [4.78, 5) is 5.70. The van der Waals surface area contributed by atoms with Gasteiger partial charge in [-0.05, 0) is 49.1 Å². The first-order valence-corrected chi connectivity index (χ1v) is 7.56. The summed E-state index contributed by atoms with van der Waals surface area (Å²) in [5.74, 6) is 0. The number of nitrogens with zero attached hydrogens (tertiary/aromatic N) is 2. The van der Waals surface area contributed by atoms with Crippen LogP contribution in [0.3, 0.4) is 0 Å². The van der Waals surface area contributed by atoms with E-state index in [-0.39, 0.29) is 0 Å². The second kappa shape index (κ2) is 5.66. The Morgan fingerprint density at radius 2 is 2.10 bits per heavy atom. The first-order chi connectivity index (χ1) is 9.78. The summed E-state index contributed by atoms with van der Waals surface area (Å²) in [6, 6.07) is 9.68. The molecule has 2 aromatic rings. The summed E-state index contributed by atoms with van der Waals surface area (Å²) in [5.41, 5.74) is 2.87. The van der Waals surface area contributed by atoms with E-state index in [1.165, 1.54) is 10.4 Å². The zero-order chi connectivity index (χ0) is 13.9. The van der Waals surface area contributed by atoms with E-state index in [0.717, 1.165) is 35.5 Å². The lowest BCUT2D eigenvalue weighted by Crippen LogP contribution is -1.93. The SMILES string of the molecule is N#Cc1c(/N=C/Nc2ccc(Cl)cc2)sc2c1CCC2. The highest BCUT2D eigenvalue weighted by Gasteiger charge is 2.21. The minimum absolute atomic E-state index is 0.703. The number of nitriles is 1. The fourth-order valence-electron chi connectivity index (χ4n) is 2.31. The van der Waals surface area contributed by atoms with Gasteiger partial charge in [0.25, 0.3) is 0 Å². The Hall–Kier alpha value is -1.83. The van der Waals surface area contributed by atoms with Crippen LogP contribution in [-0.4, -0.2) is 6.34 Å². The lowest BCUT2D eigenvalue weighted by Gasteiger charge is -1.99. The number of benzene rings is 1. The number of aryl methyl sites for hydroxylation is 1. The van der Waals surface area contributed by atoms with Crippen LogP contribution in [0.1, 0.15) is 22.4 Å². The predicted molar refractivity (Wildman–Crippen MR) is 84.3 cm³/mol. The number of fused-ring (bicyclic) bond motifs is 1. The second-order valence-electron chi connectivity index (χ2n) is 4.56. The van der Waals surface area contributed by atoms with Crippen molar-refractivity contribution < 1.29 is 0 Å². The zero-order valence-corrected chi connectivity index (χ0v) is 12.3. The van der Waals surface area contributed by atoms with Crippen LogP contribution in [-0.2, 0) is 12.8 Å². The summed E-state index contributed by atoms with van der Waals surface area (Å²) >= 11 is 7.46. The van der Waals surface area contributed by atoms with Gasteiger partial charge in [0.05, 0.1) is 11.9 Å². The van der Waals surface area contributed by atoms with Gasteiger partial charge in [-0.15, -0.1) is 11.3 Å². The van der Waals surface area contributed by atoms with E-state index in [4.69, 9.17) is 11.6 Å². The van der Waals surface area contributed by atoms with Crippen molar-refractivity contribution in [3.8, 4) is 6.07 Å². The Morgan fingerprint density at radius 3 is 2.85 bits per heavy atom. The summed E-state index contributed by atoms with van der Waals surface area (Å²) in [7, 11) is 0. The van der Waals surface area contributed by atoms with Crippen LogP contribution in [0.15, 0.2) is 29.3 Å². The average molecular weight is 302 g/mol. The van der Waals surface area contributed by atoms with Crippen molar-refractivity contribution in [2.45, 2.75) is 19.3 Å². The standard InChI is InChI=1S/C15H12ClN3S/c16-10-4-6-11(7-5-10)18-9-19-15-13(8-17)12-2-1-3-14(12)20-15/h4-7,9H,1-3H2,(H,18,19). The zero-order valence-electron chi connectivity index (χ0n) is 10.7. The molecule has 5 heteroatoms. The van der Waals surface area contributed by atoms with Gasteiger partial charge in [-0.2, -0.15) is 5.26 Å². The van der Waals surface area contributed by atoms with E-state index in [1.54, 1.807) is 17.7 Å². The van der Waals surface area contributed by atoms with Gasteiger partial charge in [0.1, 0.15) is 11.1 Å². The fourth-order valence-corrected chi connectivity index (χ4v) is 3.62. The number of nitrogens with one attached hydrogen (secondary N) is 1. The first kappa shape index (κ1) is 13.2. The molecule has 1 aromatic carbocycles. The monoisotopic (exact) mass is 301 g/mol. The molecule has 20 heavy (non-hydrogen) atoms. The highest BCUT2D eigenvalue weighted by molar-refractivity contribution is 7.16. The number of rotatable bonds is 3. The number of hydrogen-bond acceptors (Lipinski definition) is 3. The third-order valence-electron chi connectivity index (χ3n) is 3.27. The van der Waals surface area contributed by atoms with Crippen molar-refractivity contribution in [1.29, 1.82) is 5.26 Å². The highest BCUT2D eigenvalue weighted by atomic mass is 35.5. The lowest BCUT2D eigenvalue weighted by molar-refractivity contribution is 0.913. The quantitative estimate of drug-likeness (QED) is 0.668. The van der Waals surface area contributed by atoms with E-state index in [0.29, 0.717) is 5.02 Å². The molecule has 1 heterocycles. The van der Waals surface area contributed by atoms with Crippen molar-refractivity contribution in [1.82, 2.24) is 0 Å². The number of aliphatic imine (C=N–C) groups is 1. The van der Waals surface area contributed by atoms with E-state index in [2.05, 4.69) is 16.4 Å². The van der Waals surface area contributed by atoms with Gasteiger partial charge in [0, 0.05) is 15.6 Å². The van der Waals surface area contributed by atoms with Gasteiger partial charge < -0.3 is 5.32 Å². The molecule has 0 spiro atoms. The normalized spacial score (nSPS) is 13.4. The molecule has 0 saturated carbocycles. The molecule has 1 aliphatic carbocycles. The molecule has 1 N–H and O–H groups in total. The summed E-state index contributed by atoms with van der Waals surface area (Å²) in [6.07, 6.45) is 4.87. The molecule has 0 atom stereocenters. The van der Waals surface area contributed by atoms with Crippen molar-refractivity contribution in [2.75, 3.05) is 5.32 Å². The molecule has 0 amide bonds. The van der Waals surface area contributed by atoms with Crippen LogP contribution in [0.5, 0.6) is 0 Å². The first-order valence-electron chi connectivity index (χ1n) is 6.37. The van der Waals surface area contributed by atoms with E-state index in [1.807, 2.05) is 24.3 Å². The molecule has 3 rings (SSSR count). The third-order valence-corrected chi connectivity index (χ3v) is 4.72. The Kier molecular flexibility index (Phi) is 3.72. The molecule has 0 saturated heterocycles. The van der Waals surface area contributed by atoms with Gasteiger partial charge >= 0.3 is 0 Å². The molecule has 0 fully saturated rings. The largest absolute Gasteiger partial charge is 0.346 e. The van der Waals surface area contributed by atoms with Gasteiger partial charge in [0.15, 0.2) is 0 Å². The minimum atomic E-state index is 0.703. The molecule has 0 bridgehead atoms. The van der Waals surface area contributed by atoms with Crippen molar-refractivity contribution in [2.24, 2.45) is 4.99 Å². The van der Waals surface area contributed by atoms with E-state index < -0.39 is 0 Å². The number of anilines is 1. The van der Waals surface area contributed by atoms with Crippen LogP contribution < -0.4 is 5.32 Å². The van der Waals surface area contributed by atoms with Crippen LogP contribution in [0, 0.1) is 11.3 Å². The third kappa shape index (κ3) is 2.55. The minimum Gasteiger partial charge on any atom is -0.346 e. The lowest BCUT2D eigenvalue weighted by atomic mass is 10.1. The van der Waals surface area contributed by atoms with Gasteiger partial charge in [-0.3, -0.25) is 0 Å². The fraction of sp³-hybridized carbons (Fsp3) is 0.200. The molecule has 100 valence electrons. The second-order valence-corrected chi connectivity index (χ2v) is 6.08. The topological polar surface area (TPSA) is 48.2 Å². The smallest absolute Gasteiger partial charge is 0.136 e. The highest BCUT2D eigenvalue weighted by Crippen LogP contribution is 2.39. The van der Waals surface area contributed by atoms with Crippen LogP contribution in [0.4, 0.5) is 10.7 Å². The maximum Gasteiger partial charge on any atom is 0.136 e. The predicted octanol–water partition coefficient (Wildman–Crippen LogP) is 4.53. The molecular formula is C15H12ClN3S. The van der Waals surface area contributed by atoms with E-state index >= 15 is 0 Å². The van der Waals surface area contributed by atoms with Crippen molar-refractivity contribution in [3.05, 3.63) is 45.3 Å². The summed E-state index contributed by atoms with van der Waals surface area (Å²) < 4.78 is 0. The molecule has 0 radical (unpaired) electrons. The maximum absolute atomic E-state index is 9.27. The Balaban J connectivity index is 1.76. The van der Waals surface area contributed by atoms with Gasteiger partial charge in [-0.1, -0.05) is 11.6 Å². The number of hydrogen-bond donors (Lipinski definition) is 1. The Bertz CT molecular complexity index is 695. The summed E-state index contributed by atoms with van der Waals surface area (Å²) in [5, 5.41) is 13.9. The van der Waals surface area contributed by atoms with Gasteiger partial charge in [0.2, 0.25) is 0 Å². The molecular weight excluding hydrogens is 290 g/mol. The Labute approximate surface area is 126 Å². The summed E-state index contributed by atoms with van der Waals surface area (Å²) in [6.45, 7) is 0. The molecule has 0 aliphatic heterocycles. The van der Waals surface area contributed by atoms with Gasteiger partial charge in [-0.25, -0.2) is 4.99 Å². The molecule has 0 unspecified atom stereocenters.